The Bertz CT molecular complexity index is 1410. The van der Waals surface area contributed by atoms with E-state index in [1.807, 2.05) is 30.3 Å². The average molecular weight is 444 g/mol. The largest absolute Gasteiger partial charge is 0.321 e. The molecule has 0 spiro atoms. The molecule has 0 radical (unpaired) electrons. The second kappa shape index (κ2) is 8.62. The van der Waals surface area contributed by atoms with E-state index in [0.717, 1.165) is 5.69 Å². The van der Waals surface area contributed by atoms with Crippen molar-refractivity contribution in [3.05, 3.63) is 93.7 Å². The van der Waals surface area contributed by atoms with E-state index >= 15 is 0 Å². The Morgan fingerprint density at radius 2 is 1.61 bits per heavy atom. The molecule has 33 heavy (non-hydrogen) atoms. The number of carbonyl (C=O) groups excluding carboxylic acids is 2. The van der Waals surface area contributed by atoms with Gasteiger partial charge >= 0.3 is 0 Å². The van der Waals surface area contributed by atoms with Gasteiger partial charge in [-0.2, -0.15) is 5.10 Å². The van der Waals surface area contributed by atoms with E-state index < -0.39 is 5.91 Å². The summed E-state index contributed by atoms with van der Waals surface area (Å²) in [5.74, 6) is -0.784. The molecule has 0 aliphatic rings. The Labute approximate surface area is 190 Å². The first-order chi connectivity index (χ1) is 15.8. The number of hydrogen-bond donors (Lipinski definition) is 2. The monoisotopic (exact) mass is 444 g/mol. The second-order valence-electron chi connectivity index (χ2n) is 7.72. The lowest BCUT2D eigenvalue weighted by Gasteiger charge is -2.08. The minimum Gasteiger partial charge on any atom is -0.321 e. The van der Waals surface area contributed by atoms with Gasteiger partial charge in [-0.3, -0.25) is 23.7 Å². The summed E-state index contributed by atoms with van der Waals surface area (Å²) in [5, 5.41) is 9.68. The highest BCUT2D eigenvalue weighted by Crippen LogP contribution is 2.17. The molecule has 9 nitrogen and oxygen atoms in total. The minimum absolute atomic E-state index is 0.200. The predicted octanol–water partition coefficient (Wildman–Crippen LogP) is 3.03. The van der Waals surface area contributed by atoms with Crippen molar-refractivity contribution in [2.45, 2.75) is 13.8 Å². The number of hydrogen-bond acceptors (Lipinski definition) is 4. The van der Waals surface area contributed by atoms with Crippen molar-refractivity contribution < 1.29 is 9.59 Å². The van der Waals surface area contributed by atoms with Crippen LogP contribution in [0.4, 0.5) is 11.4 Å². The average Bonchev–Trinajstić information content (AvgIpc) is 3.24. The first kappa shape index (κ1) is 21.8. The van der Waals surface area contributed by atoms with Crippen LogP contribution in [0.5, 0.6) is 0 Å². The summed E-state index contributed by atoms with van der Waals surface area (Å²) in [5.41, 5.74) is 3.09. The third-order valence-corrected chi connectivity index (χ3v) is 5.41. The van der Waals surface area contributed by atoms with Gasteiger partial charge in [0.05, 0.1) is 17.1 Å². The summed E-state index contributed by atoms with van der Waals surface area (Å²) in [6.45, 7) is 3.57. The molecule has 4 rings (SSSR count). The standard InChI is InChI=1S/C24H24N6O3/c1-15-13-20(28(3)27-15)23(32)25-18-10-8-9-17(14-18)22(31)26-21-16(2)29(4)30(24(21)33)19-11-6-5-7-12-19/h5-14H,1-4H3,(H,25,32)(H,26,31). The zero-order chi connectivity index (χ0) is 23.7. The molecule has 0 aliphatic carbocycles. The van der Waals surface area contributed by atoms with Gasteiger partial charge in [0.15, 0.2) is 0 Å². The fraction of sp³-hybridized carbons (Fsp3) is 0.167. The third kappa shape index (κ3) is 4.20. The molecule has 2 N–H and O–H groups in total. The summed E-state index contributed by atoms with van der Waals surface area (Å²) in [4.78, 5) is 38.6. The topological polar surface area (TPSA) is 103 Å². The highest BCUT2D eigenvalue weighted by Gasteiger charge is 2.19. The number of anilines is 2. The molecule has 2 aromatic carbocycles. The smallest absolute Gasteiger partial charge is 0.295 e. The molecule has 0 fully saturated rings. The summed E-state index contributed by atoms with van der Waals surface area (Å²) in [6, 6.07) is 17.4. The molecular formula is C24H24N6O3. The van der Waals surface area contributed by atoms with Crippen molar-refractivity contribution >= 4 is 23.2 Å². The summed E-state index contributed by atoms with van der Waals surface area (Å²) in [7, 11) is 3.45. The van der Waals surface area contributed by atoms with Crippen LogP contribution in [-0.4, -0.2) is 31.0 Å². The SMILES string of the molecule is Cc1cc(C(=O)Nc2cccc(C(=O)Nc3c(C)n(C)n(-c4ccccc4)c3=O)c2)n(C)n1. The normalized spacial score (nSPS) is 10.8. The number of benzene rings is 2. The number of nitrogens with zero attached hydrogens (tertiary/aromatic N) is 4. The van der Waals surface area contributed by atoms with Gasteiger partial charge in [-0.25, -0.2) is 4.68 Å². The van der Waals surface area contributed by atoms with Gasteiger partial charge in [-0.1, -0.05) is 24.3 Å². The van der Waals surface area contributed by atoms with Crippen LogP contribution in [-0.2, 0) is 14.1 Å². The van der Waals surface area contributed by atoms with Crippen molar-refractivity contribution in [1.82, 2.24) is 19.1 Å². The van der Waals surface area contributed by atoms with Gasteiger partial charge in [-0.05, 0) is 50.2 Å². The Hall–Kier alpha value is -4.40. The van der Waals surface area contributed by atoms with Gasteiger partial charge in [0.25, 0.3) is 17.4 Å². The summed E-state index contributed by atoms with van der Waals surface area (Å²) < 4.78 is 4.69. The van der Waals surface area contributed by atoms with Crippen LogP contribution in [0.25, 0.3) is 5.69 Å². The van der Waals surface area contributed by atoms with Gasteiger partial charge in [0, 0.05) is 25.3 Å². The van der Waals surface area contributed by atoms with E-state index in [4.69, 9.17) is 0 Å². The van der Waals surface area contributed by atoms with Crippen LogP contribution in [0.2, 0.25) is 0 Å². The fourth-order valence-electron chi connectivity index (χ4n) is 3.65. The molecule has 0 bridgehead atoms. The Kier molecular flexibility index (Phi) is 5.70. The Morgan fingerprint density at radius 1 is 0.879 bits per heavy atom. The Morgan fingerprint density at radius 3 is 2.27 bits per heavy atom. The van der Waals surface area contributed by atoms with Crippen molar-refractivity contribution in [2.75, 3.05) is 10.6 Å². The maximum absolute atomic E-state index is 13.0. The molecule has 0 saturated carbocycles. The van der Waals surface area contributed by atoms with Crippen LogP contribution < -0.4 is 16.2 Å². The van der Waals surface area contributed by atoms with Crippen molar-refractivity contribution in [3.8, 4) is 5.69 Å². The number of carbonyl (C=O) groups is 2. The quantitative estimate of drug-likeness (QED) is 0.494. The number of aromatic nitrogens is 4. The molecular weight excluding hydrogens is 420 g/mol. The van der Waals surface area contributed by atoms with Crippen LogP contribution in [0, 0.1) is 13.8 Å². The predicted molar refractivity (Wildman–Crippen MR) is 126 cm³/mol. The molecule has 0 atom stereocenters. The van der Waals surface area contributed by atoms with Gasteiger partial charge in [-0.15, -0.1) is 0 Å². The maximum atomic E-state index is 13.0. The maximum Gasteiger partial charge on any atom is 0.295 e. The number of amides is 2. The third-order valence-electron chi connectivity index (χ3n) is 5.41. The van der Waals surface area contributed by atoms with Crippen LogP contribution in [0.15, 0.2) is 65.5 Å². The van der Waals surface area contributed by atoms with E-state index in [0.29, 0.717) is 28.3 Å². The minimum atomic E-state index is -0.450. The summed E-state index contributed by atoms with van der Waals surface area (Å²) >= 11 is 0. The van der Waals surface area contributed by atoms with E-state index in [1.165, 1.54) is 9.36 Å². The molecule has 0 unspecified atom stereocenters. The Balaban J connectivity index is 1.57. The first-order valence-electron chi connectivity index (χ1n) is 10.3. The number of nitrogens with one attached hydrogen (secondary N) is 2. The molecule has 2 aromatic heterocycles. The molecule has 4 aromatic rings. The van der Waals surface area contributed by atoms with E-state index in [1.54, 1.807) is 63.0 Å². The number of rotatable bonds is 5. The van der Waals surface area contributed by atoms with Crippen molar-refractivity contribution in [2.24, 2.45) is 14.1 Å². The number of para-hydroxylation sites is 1. The van der Waals surface area contributed by atoms with Crippen LogP contribution >= 0.6 is 0 Å². The lowest BCUT2D eigenvalue weighted by Crippen LogP contribution is -2.23. The summed E-state index contributed by atoms with van der Waals surface area (Å²) in [6.07, 6.45) is 0. The molecule has 0 saturated heterocycles. The van der Waals surface area contributed by atoms with Gasteiger partial charge in [0.2, 0.25) is 0 Å². The molecule has 168 valence electrons. The van der Waals surface area contributed by atoms with Crippen LogP contribution in [0.3, 0.4) is 0 Å². The highest BCUT2D eigenvalue weighted by molar-refractivity contribution is 6.07. The number of aryl methyl sites for hydroxylation is 2. The van der Waals surface area contributed by atoms with E-state index in [9.17, 15) is 14.4 Å². The highest BCUT2D eigenvalue weighted by atomic mass is 16.2. The van der Waals surface area contributed by atoms with Crippen molar-refractivity contribution in [3.63, 3.8) is 0 Å². The molecule has 2 heterocycles. The van der Waals surface area contributed by atoms with Crippen LogP contribution in [0.1, 0.15) is 32.2 Å². The molecule has 0 aliphatic heterocycles. The van der Waals surface area contributed by atoms with E-state index in [-0.39, 0.29) is 17.2 Å². The fourth-order valence-corrected chi connectivity index (χ4v) is 3.65. The van der Waals surface area contributed by atoms with E-state index in [2.05, 4.69) is 15.7 Å². The molecule has 9 heteroatoms. The first-order valence-corrected chi connectivity index (χ1v) is 10.3. The second-order valence-corrected chi connectivity index (χ2v) is 7.72. The zero-order valence-electron chi connectivity index (χ0n) is 18.8. The van der Waals surface area contributed by atoms with Gasteiger partial charge < -0.3 is 10.6 Å². The lowest BCUT2D eigenvalue weighted by molar-refractivity contribution is 0.101. The van der Waals surface area contributed by atoms with Gasteiger partial charge in [0.1, 0.15) is 11.4 Å². The van der Waals surface area contributed by atoms with Crippen molar-refractivity contribution in [1.29, 1.82) is 0 Å². The lowest BCUT2D eigenvalue weighted by atomic mass is 10.1. The zero-order valence-corrected chi connectivity index (χ0v) is 18.8. The molecule has 2 amide bonds.